The van der Waals surface area contributed by atoms with Crippen LogP contribution in [0.2, 0.25) is 0 Å². The van der Waals surface area contributed by atoms with E-state index in [0.29, 0.717) is 24.3 Å². The van der Waals surface area contributed by atoms with Crippen LogP contribution in [0.15, 0.2) is 0 Å². The highest BCUT2D eigenvalue weighted by Gasteiger charge is 2.25. The molecule has 0 amide bonds. The molecule has 3 unspecified atom stereocenters. The van der Waals surface area contributed by atoms with Crippen LogP contribution in [0.1, 0.15) is 33.1 Å². The van der Waals surface area contributed by atoms with Gasteiger partial charge in [-0.05, 0) is 39.4 Å². The molecule has 1 heterocycles. The number of aliphatic hydroxyl groups is 1. The van der Waals surface area contributed by atoms with Gasteiger partial charge in [-0.15, -0.1) is 0 Å². The highest BCUT2D eigenvalue weighted by molar-refractivity contribution is 7.98. The van der Waals surface area contributed by atoms with E-state index in [1.807, 2.05) is 11.8 Å². The first-order valence-electron chi connectivity index (χ1n) is 6.17. The Morgan fingerprint density at radius 3 is 2.50 bits per heavy atom. The van der Waals surface area contributed by atoms with E-state index in [2.05, 4.69) is 25.4 Å². The Labute approximate surface area is 103 Å². The lowest BCUT2D eigenvalue weighted by Crippen LogP contribution is -2.46. The molecule has 0 aromatic rings. The van der Waals surface area contributed by atoms with E-state index in [9.17, 15) is 0 Å². The number of ether oxygens (including phenoxy) is 1. The molecule has 3 nitrogen and oxygen atoms in total. The van der Waals surface area contributed by atoms with Crippen molar-refractivity contribution in [1.82, 2.24) is 5.32 Å². The van der Waals surface area contributed by atoms with Crippen LogP contribution >= 0.6 is 11.8 Å². The molecule has 0 aliphatic carbocycles. The summed E-state index contributed by atoms with van der Waals surface area (Å²) in [6.45, 7) is 4.55. The summed E-state index contributed by atoms with van der Waals surface area (Å²) in [7, 11) is 0. The van der Waals surface area contributed by atoms with E-state index >= 15 is 0 Å². The van der Waals surface area contributed by atoms with Gasteiger partial charge in [0.25, 0.3) is 0 Å². The monoisotopic (exact) mass is 247 g/mol. The first-order valence-corrected chi connectivity index (χ1v) is 7.56. The van der Waals surface area contributed by atoms with Gasteiger partial charge >= 0.3 is 0 Å². The van der Waals surface area contributed by atoms with Crippen molar-refractivity contribution in [2.75, 3.05) is 18.6 Å². The third-order valence-corrected chi connectivity index (χ3v) is 3.75. The minimum atomic E-state index is 0.270. The highest BCUT2D eigenvalue weighted by atomic mass is 32.2. The molecular weight excluding hydrogens is 222 g/mol. The molecule has 0 aromatic carbocycles. The topological polar surface area (TPSA) is 41.5 Å². The smallest absolute Gasteiger partial charge is 0.0565 e. The van der Waals surface area contributed by atoms with Crippen molar-refractivity contribution in [3.05, 3.63) is 0 Å². The van der Waals surface area contributed by atoms with Gasteiger partial charge in [0, 0.05) is 24.4 Å². The molecule has 1 rings (SSSR count). The van der Waals surface area contributed by atoms with Crippen LogP contribution in [-0.4, -0.2) is 48.0 Å². The van der Waals surface area contributed by atoms with Crippen LogP contribution in [0.4, 0.5) is 0 Å². The van der Waals surface area contributed by atoms with Gasteiger partial charge in [-0.3, -0.25) is 0 Å². The molecule has 0 spiro atoms. The number of thioether (sulfide) groups is 1. The van der Waals surface area contributed by atoms with Crippen molar-refractivity contribution in [1.29, 1.82) is 0 Å². The van der Waals surface area contributed by atoms with Crippen molar-refractivity contribution in [2.24, 2.45) is 0 Å². The third kappa shape index (κ3) is 5.04. The summed E-state index contributed by atoms with van der Waals surface area (Å²) in [4.78, 5) is 0. The number of hydrogen-bond donors (Lipinski definition) is 2. The predicted molar refractivity (Wildman–Crippen MR) is 70.0 cm³/mol. The van der Waals surface area contributed by atoms with Crippen LogP contribution in [0, 0.1) is 0 Å². The molecule has 0 radical (unpaired) electrons. The van der Waals surface area contributed by atoms with Gasteiger partial charge in [0.1, 0.15) is 0 Å². The quantitative estimate of drug-likeness (QED) is 0.749. The lowest BCUT2D eigenvalue weighted by atomic mass is 9.99. The average molecular weight is 247 g/mol. The van der Waals surface area contributed by atoms with E-state index < -0.39 is 0 Å². The van der Waals surface area contributed by atoms with E-state index in [4.69, 9.17) is 9.84 Å². The van der Waals surface area contributed by atoms with E-state index in [1.54, 1.807) is 0 Å². The lowest BCUT2D eigenvalue weighted by molar-refractivity contribution is -0.0434. The minimum absolute atomic E-state index is 0.270. The molecule has 1 saturated heterocycles. The molecule has 1 aliphatic rings. The van der Waals surface area contributed by atoms with Gasteiger partial charge in [-0.2, -0.15) is 11.8 Å². The first kappa shape index (κ1) is 14.3. The van der Waals surface area contributed by atoms with E-state index in [1.165, 1.54) is 0 Å². The molecular formula is C12H25NO2S. The van der Waals surface area contributed by atoms with Crippen LogP contribution in [0.25, 0.3) is 0 Å². The summed E-state index contributed by atoms with van der Waals surface area (Å²) < 4.78 is 5.72. The zero-order valence-electron chi connectivity index (χ0n) is 10.6. The van der Waals surface area contributed by atoms with E-state index in [-0.39, 0.29) is 6.61 Å². The Hall–Kier alpha value is 0.230. The summed E-state index contributed by atoms with van der Waals surface area (Å²) in [6.07, 6.45) is 5.83. The molecule has 0 bridgehead atoms. The Bertz CT molecular complexity index is 176. The number of hydrogen-bond acceptors (Lipinski definition) is 4. The van der Waals surface area contributed by atoms with Crippen molar-refractivity contribution < 1.29 is 9.84 Å². The van der Waals surface area contributed by atoms with Crippen LogP contribution in [0.3, 0.4) is 0 Å². The number of nitrogens with one attached hydrogen (secondary N) is 1. The molecule has 96 valence electrons. The summed E-state index contributed by atoms with van der Waals surface area (Å²) in [6, 6.07) is 0.977. The summed E-state index contributed by atoms with van der Waals surface area (Å²) >= 11 is 1.83. The number of rotatable bonds is 6. The van der Waals surface area contributed by atoms with Gasteiger partial charge in [0.15, 0.2) is 0 Å². The van der Waals surface area contributed by atoms with Gasteiger partial charge in [0.05, 0.1) is 12.2 Å². The molecule has 2 N–H and O–H groups in total. The van der Waals surface area contributed by atoms with Gasteiger partial charge in [-0.1, -0.05) is 0 Å². The predicted octanol–water partition coefficient (Wildman–Crippen LogP) is 1.65. The third-order valence-electron chi connectivity index (χ3n) is 3.01. The number of aliphatic hydroxyl groups excluding tert-OH is 1. The highest BCUT2D eigenvalue weighted by Crippen LogP contribution is 2.20. The molecule has 16 heavy (non-hydrogen) atoms. The second-order valence-electron chi connectivity index (χ2n) is 4.76. The molecule has 4 heteroatoms. The fourth-order valence-electron chi connectivity index (χ4n) is 2.45. The Morgan fingerprint density at radius 1 is 1.38 bits per heavy atom. The Balaban J connectivity index is 2.37. The summed E-state index contributed by atoms with van der Waals surface area (Å²) in [5, 5.41) is 12.7. The standard InChI is InChI=1S/C12H25NO2S/c1-9-6-12(7-10(2)15-9)13-11(4-5-14)8-16-3/h9-14H,4-8H2,1-3H3. The minimum Gasteiger partial charge on any atom is -0.396 e. The molecule has 1 fully saturated rings. The Kier molecular flexibility index (Phi) is 6.73. The molecule has 1 aliphatic heterocycles. The molecule has 3 atom stereocenters. The van der Waals surface area contributed by atoms with Gasteiger partial charge in [0.2, 0.25) is 0 Å². The Morgan fingerprint density at radius 2 is 2.00 bits per heavy atom. The fourth-order valence-corrected chi connectivity index (χ4v) is 3.11. The normalized spacial score (nSPS) is 32.6. The van der Waals surface area contributed by atoms with Gasteiger partial charge in [-0.25, -0.2) is 0 Å². The first-order chi connectivity index (χ1) is 7.65. The van der Waals surface area contributed by atoms with Crippen LogP contribution in [-0.2, 0) is 4.74 Å². The molecule has 0 aromatic heterocycles. The summed E-state index contributed by atoms with van der Waals surface area (Å²) in [5.41, 5.74) is 0. The van der Waals surface area contributed by atoms with Crippen molar-refractivity contribution in [2.45, 2.75) is 57.4 Å². The molecule has 0 saturated carbocycles. The average Bonchev–Trinajstić information content (AvgIpc) is 2.16. The SMILES string of the molecule is CSCC(CCO)NC1CC(C)OC(C)C1. The van der Waals surface area contributed by atoms with Crippen LogP contribution in [0.5, 0.6) is 0 Å². The fraction of sp³-hybridized carbons (Fsp3) is 1.00. The summed E-state index contributed by atoms with van der Waals surface area (Å²) in [5.74, 6) is 1.07. The van der Waals surface area contributed by atoms with Crippen molar-refractivity contribution >= 4 is 11.8 Å². The van der Waals surface area contributed by atoms with Crippen LogP contribution < -0.4 is 5.32 Å². The maximum absolute atomic E-state index is 9.02. The second-order valence-corrected chi connectivity index (χ2v) is 5.67. The maximum Gasteiger partial charge on any atom is 0.0565 e. The van der Waals surface area contributed by atoms with Crippen molar-refractivity contribution in [3.63, 3.8) is 0 Å². The largest absolute Gasteiger partial charge is 0.396 e. The van der Waals surface area contributed by atoms with Crippen molar-refractivity contribution in [3.8, 4) is 0 Å². The lowest BCUT2D eigenvalue weighted by Gasteiger charge is -2.35. The zero-order chi connectivity index (χ0) is 12.0. The van der Waals surface area contributed by atoms with E-state index in [0.717, 1.165) is 25.0 Å². The van der Waals surface area contributed by atoms with Gasteiger partial charge < -0.3 is 15.2 Å². The maximum atomic E-state index is 9.02. The second kappa shape index (κ2) is 7.54. The zero-order valence-corrected chi connectivity index (χ0v) is 11.4.